The molecule has 64 valence electrons. The molecule has 1 aliphatic rings. The first-order valence-corrected chi connectivity index (χ1v) is 3.59. The molecule has 5 heteroatoms. The van der Waals surface area contributed by atoms with Crippen LogP contribution in [0.1, 0.15) is 32.1 Å². The molecule has 0 spiro atoms. The predicted octanol–water partition coefficient (Wildman–Crippen LogP) is 0.208. The van der Waals surface area contributed by atoms with Gasteiger partial charge in [-0.05, 0) is 30.9 Å². The minimum Gasteiger partial charge on any atom is -0.314 e. The second-order valence-electron chi connectivity index (χ2n) is 2.80. The molecule has 1 saturated carbocycles. The van der Waals surface area contributed by atoms with Gasteiger partial charge >= 0.3 is 0 Å². The Morgan fingerprint density at radius 1 is 1.27 bits per heavy atom. The number of hydroxylamine groups is 1. The normalized spacial score (nSPS) is 21.9. The Labute approximate surface area is 76.4 Å². The summed E-state index contributed by atoms with van der Waals surface area (Å²) in [5.41, 5.74) is 1.13. The van der Waals surface area contributed by atoms with Crippen LogP contribution in [0.5, 0.6) is 0 Å². The topological polar surface area (TPSA) is 61.7 Å². The number of nitrogens with one attached hydrogen (secondary N) is 1. The Morgan fingerprint density at radius 3 is 2.09 bits per heavy atom. The zero-order valence-electron chi connectivity index (χ0n) is 5.84. The third-order valence-corrected chi connectivity index (χ3v) is 2.06. The van der Waals surface area contributed by atoms with Crippen molar-refractivity contribution in [1.29, 1.82) is 0 Å². The summed E-state index contributed by atoms with van der Waals surface area (Å²) < 4.78 is 0. The van der Waals surface area contributed by atoms with Gasteiger partial charge in [0.25, 0.3) is 0 Å². The lowest BCUT2D eigenvalue weighted by Crippen LogP contribution is -2.42. The quantitative estimate of drug-likeness (QED) is 0.357. The molecule has 1 aliphatic carbocycles. The molecule has 0 aromatic rings. The maximum Gasteiger partial charge on any atom is 0.187 e. The van der Waals surface area contributed by atoms with Crippen molar-refractivity contribution in [2.45, 2.75) is 37.8 Å². The fourth-order valence-electron chi connectivity index (χ4n) is 1.36. The molecule has 0 heterocycles. The molecular formula is C6H15AlN2O2. The van der Waals surface area contributed by atoms with Gasteiger partial charge in [-0.15, -0.1) is 4.91 Å². The molecule has 0 bridgehead atoms. The van der Waals surface area contributed by atoms with Gasteiger partial charge in [-0.2, -0.15) is 5.48 Å². The first-order valence-electron chi connectivity index (χ1n) is 3.59. The summed E-state index contributed by atoms with van der Waals surface area (Å²) in [6, 6.07) is 0. The van der Waals surface area contributed by atoms with Crippen molar-refractivity contribution in [2.24, 2.45) is 5.18 Å². The fraction of sp³-hybridized carbons (Fsp3) is 1.00. The van der Waals surface area contributed by atoms with Crippen molar-refractivity contribution in [3.8, 4) is 0 Å². The molecule has 4 nitrogen and oxygen atoms in total. The highest BCUT2D eigenvalue weighted by molar-refractivity contribution is 5.75. The molecule has 0 radical (unpaired) electrons. The smallest absolute Gasteiger partial charge is 0.187 e. The van der Waals surface area contributed by atoms with E-state index in [1.165, 1.54) is 0 Å². The van der Waals surface area contributed by atoms with Crippen molar-refractivity contribution in [1.82, 2.24) is 5.48 Å². The summed E-state index contributed by atoms with van der Waals surface area (Å²) in [6.07, 6.45) is 4.40. The maximum atomic E-state index is 10.2. The molecule has 1 rings (SSSR count). The number of rotatable bonds is 2. The summed E-state index contributed by atoms with van der Waals surface area (Å²) >= 11 is 0. The zero-order chi connectivity index (χ0) is 7.45. The van der Waals surface area contributed by atoms with E-state index in [1.807, 2.05) is 5.48 Å². The third kappa shape index (κ3) is 2.53. The first kappa shape index (κ1) is 11.1. The van der Waals surface area contributed by atoms with Gasteiger partial charge < -0.3 is 5.21 Å². The van der Waals surface area contributed by atoms with E-state index in [1.54, 1.807) is 0 Å². The molecule has 0 unspecified atom stereocenters. The molecule has 0 saturated heterocycles. The van der Waals surface area contributed by atoms with Crippen molar-refractivity contribution >= 4 is 17.4 Å². The van der Waals surface area contributed by atoms with Gasteiger partial charge in [-0.1, -0.05) is 6.42 Å². The molecular weight excluding hydrogens is 159 g/mol. The Kier molecular flexibility index (Phi) is 4.86. The van der Waals surface area contributed by atoms with Gasteiger partial charge in [0.05, 0.1) is 0 Å². The molecule has 2 N–H and O–H groups in total. The van der Waals surface area contributed by atoms with E-state index in [-0.39, 0.29) is 17.4 Å². The highest BCUT2D eigenvalue weighted by Gasteiger charge is 2.32. The summed E-state index contributed by atoms with van der Waals surface area (Å²) in [5, 5.41) is 11.5. The molecule has 11 heavy (non-hydrogen) atoms. The fourth-order valence-corrected chi connectivity index (χ4v) is 1.36. The van der Waals surface area contributed by atoms with Gasteiger partial charge in [0.15, 0.2) is 23.0 Å². The van der Waals surface area contributed by atoms with E-state index in [0.717, 1.165) is 19.3 Å². The monoisotopic (exact) mass is 174 g/mol. The van der Waals surface area contributed by atoms with Crippen LogP contribution in [0.4, 0.5) is 0 Å². The standard InChI is InChI=1S/C6H12N2O2.Al.3H/c9-7-6(8-10)4-2-1-3-5-6;;;;/h7,9H,1-5H2;;;;. The zero-order valence-corrected chi connectivity index (χ0v) is 5.84. The molecule has 1 fully saturated rings. The molecule has 0 amide bonds. The van der Waals surface area contributed by atoms with E-state index in [9.17, 15) is 4.91 Å². The van der Waals surface area contributed by atoms with Crippen LogP contribution in [0, 0.1) is 4.91 Å². The number of hydrogen-bond donors (Lipinski definition) is 2. The Bertz CT molecular complexity index is 126. The van der Waals surface area contributed by atoms with Crippen LogP contribution >= 0.6 is 0 Å². The average molecular weight is 174 g/mol. The van der Waals surface area contributed by atoms with Gasteiger partial charge in [0.1, 0.15) is 0 Å². The molecule has 0 atom stereocenters. The Hall–Kier alpha value is 0.0525. The van der Waals surface area contributed by atoms with Crippen LogP contribution in [-0.2, 0) is 0 Å². The van der Waals surface area contributed by atoms with Crippen LogP contribution in [0.2, 0.25) is 0 Å². The summed E-state index contributed by atoms with van der Waals surface area (Å²) in [4.78, 5) is 10.2. The van der Waals surface area contributed by atoms with E-state index in [4.69, 9.17) is 5.21 Å². The van der Waals surface area contributed by atoms with Crippen LogP contribution in [0.3, 0.4) is 0 Å². The van der Waals surface area contributed by atoms with E-state index in [0.29, 0.717) is 12.8 Å². The highest BCUT2D eigenvalue weighted by atomic mass is 27.0. The van der Waals surface area contributed by atoms with E-state index < -0.39 is 5.66 Å². The Morgan fingerprint density at radius 2 is 1.82 bits per heavy atom. The third-order valence-electron chi connectivity index (χ3n) is 2.06. The SMILES string of the molecule is O=NC1(NO)CCCCC1.[AlH3]. The number of hydrogen-bond acceptors (Lipinski definition) is 4. The van der Waals surface area contributed by atoms with Crippen molar-refractivity contribution in [3.63, 3.8) is 0 Å². The van der Waals surface area contributed by atoms with Gasteiger partial charge in [-0.3, -0.25) is 0 Å². The lowest BCUT2D eigenvalue weighted by atomic mass is 9.90. The summed E-state index contributed by atoms with van der Waals surface area (Å²) in [5.74, 6) is 0. The lowest BCUT2D eigenvalue weighted by molar-refractivity contribution is 0.0409. The van der Waals surface area contributed by atoms with Crippen LogP contribution in [0.25, 0.3) is 0 Å². The van der Waals surface area contributed by atoms with Crippen LogP contribution < -0.4 is 5.48 Å². The second-order valence-corrected chi connectivity index (χ2v) is 2.80. The summed E-state index contributed by atoms with van der Waals surface area (Å²) in [6.45, 7) is 0. The first-order chi connectivity index (χ1) is 4.83. The highest BCUT2D eigenvalue weighted by Crippen LogP contribution is 2.28. The van der Waals surface area contributed by atoms with Crippen LogP contribution in [-0.4, -0.2) is 28.2 Å². The maximum absolute atomic E-state index is 10.2. The van der Waals surface area contributed by atoms with Crippen molar-refractivity contribution in [3.05, 3.63) is 4.91 Å². The largest absolute Gasteiger partial charge is 0.314 e. The summed E-state index contributed by atoms with van der Waals surface area (Å²) in [7, 11) is 0. The van der Waals surface area contributed by atoms with E-state index >= 15 is 0 Å². The number of nitrogens with zero attached hydrogens (tertiary/aromatic N) is 1. The molecule has 0 aliphatic heterocycles. The minimum absolute atomic E-state index is 0. The van der Waals surface area contributed by atoms with Crippen molar-refractivity contribution in [2.75, 3.05) is 0 Å². The van der Waals surface area contributed by atoms with Crippen molar-refractivity contribution < 1.29 is 5.21 Å². The van der Waals surface area contributed by atoms with Gasteiger partial charge in [0.2, 0.25) is 0 Å². The number of nitroso groups, excluding NO2 is 1. The van der Waals surface area contributed by atoms with E-state index in [2.05, 4.69) is 5.18 Å². The minimum atomic E-state index is -0.863. The second kappa shape index (κ2) is 4.84. The van der Waals surface area contributed by atoms with Gasteiger partial charge in [-0.25, -0.2) is 0 Å². The average Bonchev–Trinajstić information content (AvgIpc) is 2.06. The Balaban J connectivity index is 0.000001000. The van der Waals surface area contributed by atoms with Gasteiger partial charge in [0, 0.05) is 0 Å². The lowest BCUT2D eigenvalue weighted by Gasteiger charge is -2.28. The molecule has 0 aromatic heterocycles. The predicted molar refractivity (Wildman–Crippen MR) is 46.5 cm³/mol. The molecule has 0 aromatic carbocycles. The van der Waals surface area contributed by atoms with Crippen LogP contribution in [0.15, 0.2) is 5.18 Å².